The quantitative estimate of drug-likeness (QED) is 0.429. The van der Waals surface area contributed by atoms with Gasteiger partial charge in [-0.1, -0.05) is 42.6 Å². The Bertz CT molecular complexity index is 1270. The normalized spacial score (nSPS) is 11.8. The van der Waals surface area contributed by atoms with Crippen molar-refractivity contribution in [1.82, 2.24) is 15.2 Å². The van der Waals surface area contributed by atoms with Crippen LogP contribution in [0.1, 0.15) is 0 Å². The molecule has 0 saturated heterocycles. The first-order chi connectivity index (χ1) is 14.6. The SMILES string of the molecule is C=C(N)[C@H](C#N)C(=O)CSc1nnc(-c2cc(-c3cccs3)nc3ccccc23)o1. The van der Waals surface area contributed by atoms with Crippen molar-refractivity contribution < 1.29 is 9.21 Å². The van der Waals surface area contributed by atoms with Gasteiger partial charge in [-0.25, -0.2) is 4.98 Å². The number of fused-ring (bicyclic) bond motifs is 1. The molecule has 1 atom stereocenters. The van der Waals surface area contributed by atoms with E-state index in [1.165, 1.54) is 0 Å². The van der Waals surface area contributed by atoms with Gasteiger partial charge in [-0.15, -0.1) is 21.5 Å². The highest BCUT2D eigenvalue weighted by Gasteiger charge is 2.21. The molecule has 0 aliphatic heterocycles. The second-order valence-corrected chi connectivity index (χ2v) is 8.19. The van der Waals surface area contributed by atoms with Gasteiger partial charge in [0.25, 0.3) is 5.22 Å². The Balaban J connectivity index is 1.64. The lowest BCUT2D eigenvalue weighted by Gasteiger charge is -2.06. The van der Waals surface area contributed by atoms with E-state index < -0.39 is 5.92 Å². The zero-order chi connectivity index (χ0) is 21.1. The second kappa shape index (κ2) is 8.49. The van der Waals surface area contributed by atoms with Gasteiger partial charge in [-0.3, -0.25) is 4.79 Å². The molecular formula is C21H15N5O2S2. The highest BCUT2D eigenvalue weighted by atomic mass is 32.2. The van der Waals surface area contributed by atoms with Gasteiger partial charge in [0.1, 0.15) is 5.92 Å². The molecular weight excluding hydrogens is 418 g/mol. The van der Waals surface area contributed by atoms with Gasteiger partial charge in [0, 0.05) is 11.1 Å². The summed E-state index contributed by atoms with van der Waals surface area (Å²) >= 11 is 2.66. The molecule has 3 aromatic heterocycles. The number of nitriles is 1. The molecule has 7 nitrogen and oxygen atoms in total. The standard InChI is InChI=1S/C21H15N5O2S2/c1-12(23)15(10-22)18(27)11-30-21-26-25-20(28-21)14-9-17(19-7-4-8-29-19)24-16-6-3-2-5-13(14)16/h2-9,15H,1,11,23H2/t15-/m0/s1. The number of thiophene rings is 1. The number of thioether (sulfide) groups is 1. The number of hydrogen-bond acceptors (Lipinski definition) is 9. The lowest BCUT2D eigenvalue weighted by Crippen LogP contribution is -2.21. The number of carbonyl (C=O) groups is 1. The first-order valence-corrected chi connectivity index (χ1v) is 10.7. The van der Waals surface area contributed by atoms with E-state index in [-0.39, 0.29) is 22.5 Å². The first kappa shape index (κ1) is 19.8. The fraction of sp³-hybridized carbons (Fsp3) is 0.0952. The van der Waals surface area contributed by atoms with Crippen LogP contribution in [-0.2, 0) is 4.79 Å². The third-order valence-electron chi connectivity index (χ3n) is 4.29. The largest absolute Gasteiger partial charge is 0.411 e. The number of nitrogens with zero attached hydrogens (tertiary/aromatic N) is 4. The van der Waals surface area contributed by atoms with E-state index in [4.69, 9.17) is 20.4 Å². The molecule has 9 heteroatoms. The lowest BCUT2D eigenvalue weighted by atomic mass is 10.1. The Morgan fingerprint density at radius 2 is 2.13 bits per heavy atom. The minimum Gasteiger partial charge on any atom is -0.411 e. The number of carbonyl (C=O) groups excluding carboxylic acids is 1. The molecule has 0 amide bonds. The third-order valence-corrected chi connectivity index (χ3v) is 6.02. The van der Waals surface area contributed by atoms with E-state index in [1.807, 2.05) is 53.9 Å². The van der Waals surface area contributed by atoms with E-state index >= 15 is 0 Å². The number of hydrogen-bond donors (Lipinski definition) is 1. The van der Waals surface area contributed by atoms with Crippen LogP contribution in [0.5, 0.6) is 0 Å². The fourth-order valence-corrected chi connectivity index (χ4v) is 4.21. The van der Waals surface area contributed by atoms with Gasteiger partial charge < -0.3 is 10.2 Å². The lowest BCUT2D eigenvalue weighted by molar-refractivity contribution is -0.117. The molecule has 0 unspecified atom stereocenters. The van der Waals surface area contributed by atoms with Gasteiger partial charge in [0.15, 0.2) is 5.78 Å². The van der Waals surface area contributed by atoms with Gasteiger partial charge in [-0.2, -0.15) is 5.26 Å². The van der Waals surface area contributed by atoms with Crippen molar-refractivity contribution in [3.63, 3.8) is 0 Å². The highest BCUT2D eigenvalue weighted by molar-refractivity contribution is 7.99. The molecule has 30 heavy (non-hydrogen) atoms. The maximum atomic E-state index is 12.1. The second-order valence-electron chi connectivity index (χ2n) is 6.31. The third kappa shape index (κ3) is 3.96. The molecule has 0 fully saturated rings. The van der Waals surface area contributed by atoms with Crippen molar-refractivity contribution in [3.05, 3.63) is 60.1 Å². The van der Waals surface area contributed by atoms with Crippen LogP contribution in [0.25, 0.3) is 32.9 Å². The number of benzene rings is 1. The number of para-hydroxylation sites is 1. The Morgan fingerprint density at radius 1 is 1.30 bits per heavy atom. The van der Waals surface area contributed by atoms with Gasteiger partial charge >= 0.3 is 0 Å². The van der Waals surface area contributed by atoms with Crippen LogP contribution in [0, 0.1) is 17.2 Å². The average molecular weight is 434 g/mol. The van der Waals surface area contributed by atoms with Crippen molar-refractivity contribution in [3.8, 4) is 28.1 Å². The van der Waals surface area contributed by atoms with Crippen LogP contribution >= 0.6 is 23.1 Å². The molecule has 0 bridgehead atoms. The molecule has 3 heterocycles. The summed E-state index contributed by atoms with van der Waals surface area (Å²) in [6.45, 7) is 3.47. The number of nitrogens with two attached hydrogens (primary N) is 1. The summed E-state index contributed by atoms with van der Waals surface area (Å²) in [5.41, 5.74) is 7.93. The molecule has 2 N–H and O–H groups in total. The van der Waals surface area contributed by atoms with Crippen LogP contribution in [-0.4, -0.2) is 26.7 Å². The predicted molar refractivity (Wildman–Crippen MR) is 117 cm³/mol. The minimum absolute atomic E-state index is 0.0202. The van der Waals surface area contributed by atoms with Crippen molar-refractivity contribution in [2.75, 3.05) is 5.75 Å². The summed E-state index contributed by atoms with van der Waals surface area (Å²) in [5, 5.41) is 20.3. The van der Waals surface area contributed by atoms with E-state index in [0.717, 1.165) is 38.8 Å². The van der Waals surface area contributed by atoms with E-state index in [9.17, 15) is 4.79 Å². The molecule has 0 aliphatic rings. The summed E-state index contributed by atoms with van der Waals surface area (Å²) < 4.78 is 5.80. The zero-order valence-corrected chi connectivity index (χ0v) is 17.2. The molecule has 4 rings (SSSR count). The summed E-state index contributed by atoms with van der Waals surface area (Å²) in [6.07, 6.45) is 0. The molecule has 0 spiro atoms. The predicted octanol–water partition coefficient (Wildman–Crippen LogP) is 4.29. The zero-order valence-electron chi connectivity index (χ0n) is 15.6. The van der Waals surface area contributed by atoms with E-state index in [1.54, 1.807) is 11.3 Å². The van der Waals surface area contributed by atoms with Crippen molar-refractivity contribution in [1.29, 1.82) is 5.26 Å². The molecule has 1 aromatic carbocycles. The summed E-state index contributed by atoms with van der Waals surface area (Å²) in [5.74, 6) is -1.09. The van der Waals surface area contributed by atoms with Crippen molar-refractivity contribution in [2.24, 2.45) is 11.7 Å². The number of ketones is 1. The monoisotopic (exact) mass is 433 g/mol. The number of aromatic nitrogens is 3. The number of allylic oxidation sites excluding steroid dienone is 1. The maximum absolute atomic E-state index is 12.1. The van der Waals surface area contributed by atoms with Gasteiger partial charge in [0.2, 0.25) is 5.89 Å². The molecule has 0 radical (unpaired) electrons. The summed E-state index contributed by atoms with van der Waals surface area (Å²) in [4.78, 5) is 17.9. The summed E-state index contributed by atoms with van der Waals surface area (Å²) in [7, 11) is 0. The van der Waals surface area contributed by atoms with E-state index in [2.05, 4.69) is 16.8 Å². The Morgan fingerprint density at radius 3 is 2.87 bits per heavy atom. The number of rotatable bonds is 7. The number of pyridine rings is 1. The summed E-state index contributed by atoms with van der Waals surface area (Å²) in [6, 6.07) is 15.5. The van der Waals surface area contributed by atoms with Crippen molar-refractivity contribution in [2.45, 2.75) is 5.22 Å². The van der Waals surface area contributed by atoms with Crippen LogP contribution < -0.4 is 5.73 Å². The molecule has 4 aromatic rings. The number of Topliss-reactive ketones (excluding diaryl/α,β-unsaturated/α-hetero) is 1. The first-order valence-electron chi connectivity index (χ1n) is 8.83. The van der Waals surface area contributed by atoms with Gasteiger partial charge in [-0.05, 0) is 23.6 Å². The maximum Gasteiger partial charge on any atom is 0.277 e. The van der Waals surface area contributed by atoms with Crippen LogP contribution in [0.15, 0.2) is 69.8 Å². The average Bonchev–Trinajstić information content (AvgIpc) is 3.44. The fourth-order valence-electron chi connectivity index (χ4n) is 2.86. The Kier molecular flexibility index (Phi) is 5.61. The van der Waals surface area contributed by atoms with E-state index in [0.29, 0.717) is 5.89 Å². The van der Waals surface area contributed by atoms with Gasteiger partial charge in [0.05, 0.1) is 33.5 Å². The molecule has 0 aliphatic carbocycles. The van der Waals surface area contributed by atoms with Crippen molar-refractivity contribution >= 4 is 39.8 Å². The molecule has 0 saturated carbocycles. The highest BCUT2D eigenvalue weighted by Crippen LogP contribution is 2.34. The topological polar surface area (TPSA) is 119 Å². The smallest absolute Gasteiger partial charge is 0.277 e. The van der Waals surface area contributed by atoms with Crippen LogP contribution in [0.2, 0.25) is 0 Å². The van der Waals surface area contributed by atoms with Crippen LogP contribution in [0.4, 0.5) is 0 Å². The minimum atomic E-state index is -1.04. The Labute approximate surface area is 180 Å². The van der Waals surface area contributed by atoms with Crippen LogP contribution in [0.3, 0.4) is 0 Å². The Hall–Kier alpha value is -3.48. The molecule has 148 valence electrons.